The minimum Gasteiger partial charge on any atom is -0.0687 e. The molecule has 0 aromatic rings. The highest BCUT2D eigenvalue weighted by Crippen LogP contribution is 2.71. The van der Waals surface area contributed by atoms with Gasteiger partial charge in [-0.2, -0.15) is 0 Å². The lowest BCUT2D eigenvalue weighted by Gasteiger charge is -2.51. The highest BCUT2D eigenvalue weighted by Gasteiger charge is 2.64. The van der Waals surface area contributed by atoms with Crippen LogP contribution in [0.15, 0.2) is 0 Å². The van der Waals surface area contributed by atoms with Crippen molar-refractivity contribution < 1.29 is 0 Å². The minimum atomic E-state index is -1.32. The van der Waals surface area contributed by atoms with Crippen LogP contribution in [-0.4, -0.2) is 8.07 Å². The average Bonchev–Trinajstić information content (AvgIpc) is 3.33. The normalized spacial score (nSPS) is 51.3. The number of hydrogen-bond donors (Lipinski definition) is 0. The third-order valence-corrected chi connectivity index (χ3v) is 19.1. The molecule has 0 radical (unpaired) electrons. The predicted octanol–water partition coefficient (Wildman–Crippen LogP) is 9.47. The maximum Gasteiger partial charge on any atom is 0.0578 e. The second kappa shape index (κ2) is 8.78. The quantitative estimate of drug-likeness (QED) is 0.382. The molecule has 8 atom stereocenters. The highest BCUT2D eigenvalue weighted by atomic mass is 28.3. The van der Waals surface area contributed by atoms with Gasteiger partial charge >= 0.3 is 0 Å². The molecule has 0 N–H and O–H groups in total. The second-order valence-corrected chi connectivity index (χ2v) is 18.6. The van der Waals surface area contributed by atoms with Crippen molar-refractivity contribution >= 4 is 8.07 Å². The summed E-state index contributed by atoms with van der Waals surface area (Å²) in [7, 11) is -1.32. The van der Waals surface area contributed by atoms with Gasteiger partial charge in [-0.1, -0.05) is 103 Å². The van der Waals surface area contributed by atoms with Gasteiger partial charge in [0.2, 0.25) is 0 Å². The van der Waals surface area contributed by atoms with Gasteiger partial charge in [-0.05, 0) is 84.1 Å². The van der Waals surface area contributed by atoms with E-state index in [0.29, 0.717) is 0 Å². The fourth-order valence-corrected chi connectivity index (χ4v) is 20.1. The van der Waals surface area contributed by atoms with Crippen LogP contribution in [0, 0.1) is 47.3 Å². The van der Waals surface area contributed by atoms with Crippen molar-refractivity contribution in [2.75, 3.05) is 0 Å². The molecule has 176 valence electrons. The van der Waals surface area contributed by atoms with E-state index in [1.54, 1.807) is 109 Å². The average molecular weight is 441 g/mol. The summed E-state index contributed by atoms with van der Waals surface area (Å²) in [5, 5.41) is 0. The molecule has 0 spiro atoms. The van der Waals surface area contributed by atoms with Gasteiger partial charge in [0.1, 0.15) is 0 Å². The fraction of sp³-hybridized carbons (Fsp3) is 1.00. The Hall–Kier alpha value is 0.217. The molecule has 0 aromatic carbocycles. The van der Waals surface area contributed by atoms with Crippen LogP contribution < -0.4 is 0 Å². The Kier molecular flexibility index (Phi) is 6.15. The van der Waals surface area contributed by atoms with E-state index in [1.807, 2.05) is 0 Å². The molecule has 0 aromatic heterocycles. The Morgan fingerprint density at radius 2 is 0.710 bits per heavy atom. The third kappa shape index (κ3) is 3.39. The zero-order valence-corrected chi connectivity index (χ0v) is 22.0. The summed E-state index contributed by atoms with van der Waals surface area (Å²) in [4.78, 5) is 0. The van der Waals surface area contributed by atoms with Crippen LogP contribution in [0.3, 0.4) is 0 Å². The molecule has 8 unspecified atom stereocenters. The van der Waals surface area contributed by atoms with Crippen LogP contribution >= 0.6 is 0 Å². The van der Waals surface area contributed by atoms with Gasteiger partial charge in [0.25, 0.3) is 0 Å². The highest BCUT2D eigenvalue weighted by molar-refractivity contribution is 6.81. The minimum absolute atomic E-state index is 1.17. The molecule has 6 rings (SSSR count). The summed E-state index contributed by atoms with van der Waals surface area (Å²) < 4.78 is 0. The molecular formula is C30H52Si. The van der Waals surface area contributed by atoms with E-state index in [2.05, 4.69) is 13.5 Å². The summed E-state index contributed by atoms with van der Waals surface area (Å²) in [6, 6.07) is 1.70. The molecular weight excluding hydrogens is 388 g/mol. The summed E-state index contributed by atoms with van der Waals surface area (Å²) in [6.07, 6.45) is 27.2. The Balaban J connectivity index is 1.41. The molecule has 6 aliphatic carbocycles. The first-order valence-corrected chi connectivity index (χ1v) is 18.1. The van der Waals surface area contributed by atoms with Crippen LogP contribution in [-0.2, 0) is 0 Å². The van der Waals surface area contributed by atoms with Crippen molar-refractivity contribution in [3.05, 3.63) is 0 Å². The van der Waals surface area contributed by atoms with Crippen molar-refractivity contribution in [2.24, 2.45) is 47.3 Å². The Morgan fingerprint density at radius 1 is 0.452 bits per heavy atom. The molecule has 0 saturated heterocycles. The Morgan fingerprint density at radius 3 is 0.968 bits per heavy atom. The Labute approximate surface area is 195 Å². The summed E-state index contributed by atoms with van der Waals surface area (Å²) in [6.45, 7) is 5.64. The van der Waals surface area contributed by atoms with Crippen LogP contribution in [0.25, 0.3) is 0 Å². The van der Waals surface area contributed by atoms with Crippen LogP contribution in [0.1, 0.15) is 116 Å². The summed E-state index contributed by atoms with van der Waals surface area (Å²) in [5.41, 5.74) is 2.47. The number of rotatable bonds is 4. The largest absolute Gasteiger partial charge is 0.0687 e. The molecule has 31 heavy (non-hydrogen) atoms. The SMILES string of the molecule is CCC[Si](C)(C1C2CCCCC2C2CCCCC21)C1C2CCCCC2C2CCCCC21. The first-order valence-electron chi connectivity index (χ1n) is 15.2. The predicted molar refractivity (Wildman–Crippen MR) is 136 cm³/mol. The van der Waals surface area contributed by atoms with Gasteiger partial charge in [0.15, 0.2) is 0 Å². The van der Waals surface area contributed by atoms with E-state index in [4.69, 9.17) is 0 Å². The van der Waals surface area contributed by atoms with Crippen LogP contribution in [0.5, 0.6) is 0 Å². The first-order chi connectivity index (χ1) is 15.2. The zero-order valence-electron chi connectivity index (χ0n) is 21.0. The maximum atomic E-state index is 3.07. The van der Waals surface area contributed by atoms with Crippen molar-refractivity contribution in [2.45, 2.75) is 140 Å². The molecule has 1 heteroatoms. The molecule has 0 bridgehead atoms. The summed E-state index contributed by atoms with van der Waals surface area (Å²) in [5.74, 6) is 9.36. The van der Waals surface area contributed by atoms with E-state index >= 15 is 0 Å². The van der Waals surface area contributed by atoms with Crippen LogP contribution in [0.4, 0.5) is 0 Å². The molecule has 0 amide bonds. The molecule has 0 nitrogen and oxygen atoms in total. The molecule has 6 aliphatic rings. The third-order valence-electron chi connectivity index (χ3n) is 12.8. The molecule has 6 fully saturated rings. The summed E-state index contributed by atoms with van der Waals surface area (Å²) >= 11 is 0. The van der Waals surface area contributed by atoms with Crippen molar-refractivity contribution in [3.8, 4) is 0 Å². The second-order valence-electron chi connectivity index (χ2n) is 13.8. The maximum absolute atomic E-state index is 3.07. The lowest BCUT2D eigenvalue weighted by atomic mass is 9.73. The lowest BCUT2D eigenvalue weighted by molar-refractivity contribution is 0.184. The van der Waals surface area contributed by atoms with E-state index in [-0.39, 0.29) is 0 Å². The van der Waals surface area contributed by atoms with E-state index < -0.39 is 8.07 Å². The van der Waals surface area contributed by atoms with Gasteiger partial charge in [-0.3, -0.25) is 0 Å². The first kappa shape index (κ1) is 21.7. The number of fused-ring (bicyclic) bond motifs is 6. The van der Waals surface area contributed by atoms with Crippen molar-refractivity contribution in [1.29, 1.82) is 0 Å². The molecule has 6 saturated carbocycles. The molecule has 0 heterocycles. The van der Waals surface area contributed by atoms with E-state index in [1.165, 1.54) is 64.8 Å². The Bertz CT molecular complexity index is 534. The topological polar surface area (TPSA) is 0 Å². The van der Waals surface area contributed by atoms with Crippen molar-refractivity contribution in [3.63, 3.8) is 0 Å². The lowest BCUT2D eigenvalue weighted by Crippen LogP contribution is -2.50. The van der Waals surface area contributed by atoms with Gasteiger partial charge in [0, 0.05) is 0 Å². The van der Waals surface area contributed by atoms with Crippen LogP contribution in [0.2, 0.25) is 23.7 Å². The standard InChI is InChI=1S/C30H52Si/c1-3-20-31(2,29-25-16-8-4-12-21(25)22-13-5-9-17-26(22)29)30-27-18-10-6-14-23(27)24-15-7-11-19-28(24)30/h21-30H,3-20H2,1-2H3. The fourth-order valence-electron chi connectivity index (χ4n) is 12.3. The van der Waals surface area contributed by atoms with Gasteiger partial charge < -0.3 is 0 Å². The van der Waals surface area contributed by atoms with Crippen molar-refractivity contribution in [1.82, 2.24) is 0 Å². The van der Waals surface area contributed by atoms with Gasteiger partial charge in [-0.15, -0.1) is 0 Å². The number of hydrogen-bond acceptors (Lipinski definition) is 0. The monoisotopic (exact) mass is 440 g/mol. The van der Waals surface area contributed by atoms with E-state index in [0.717, 1.165) is 0 Å². The smallest absolute Gasteiger partial charge is 0.0578 e. The molecule has 0 aliphatic heterocycles. The zero-order chi connectivity index (χ0) is 21.0. The van der Waals surface area contributed by atoms with E-state index in [9.17, 15) is 0 Å². The van der Waals surface area contributed by atoms with Gasteiger partial charge in [-0.25, -0.2) is 0 Å². The van der Waals surface area contributed by atoms with Gasteiger partial charge in [0.05, 0.1) is 8.07 Å².